The van der Waals surface area contributed by atoms with Crippen LogP contribution in [0.25, 0.3) is 21.6 Å². The van der Waals surface area contributed by atoms with E-state index in [0.29, 0.717) is 16.5 Å². The molecule has 0 saturated carbocycles. The molecule has 0 bridgehead atoms. The second-order valence-corrected chi connectivity index (χ2v) is 5.61. The van der Waals surface area contributed by atoms with Gasteiger partial charge in [0.05, 0.1) is 0 Å². The first-order valence-electron chi connectivity index (χ1n) is 5.89. The van der Waals surface area contributed by atoms with E-state index >= 15 is 0 Å². The van der Waals surface area contributed by atoms with Gasteiger partial charge in [0, 0.05) is 15.8 Å². The van der Waals surface area contributed by atoms with Crippen molar-refractivity contribution >= 4 is 33.2 Å². The summed E-state index contributed by atoms with van der Waals surface area (Å²) in [5, 5.41) is 1.28. The van der Waals surface area contributed by atoms with Gasteiger partial charge < -0.3 is 0 Å². The summed E-state index contributed by atoms with van der Waals surface area (Å²) in [5.74, 6) is 0.152. The summed E-state index contributed by atoms with van der Waals surface area (Å²) in [4.78, 5) is 10.8. The molecule has 0 aliphatic carbocycles. The lowest BCUT2D eigenvalue weighted by atomic mass is 10.2. The standard InChI is InChI=1S/C14H10ClFN2S/c1-2-10-7-11-12(15)17-13(18-14(11)19-10)8-4-3-5-9(16)6-8/h3-7H,2H2,1H3. The molecule has 5 heteroatoms. The van der Waals surface area contributed by atoms with E-state index in [1.54, 1.807) is 23.5 Å². The van der Waals surface area contributed by atoms with Crippen molar-refractivity contribution in [2.75, 3.05) is 0 Å². The van der Waals surface area contributed by atoms with Crippen LogP contribution in [0.4, 0.5) is 4.39 Å². The Morgan fingerprint density at radius 1 is 1.26 bits per heavy atom. The van der Waals surface area contributed by atoms with Gasteiger partial charge in [-0.3, -0.25) is 0 Å². The van der Waals surface area contributed by atoms with Gasteiger partial charge >= 0.3 is 0 Å². The van der Waals surface area contributed by atoms with Crippen LogP contribution in [0.3, 0.4) is 0 Å². The zero-order valence-electron chi connectivity index (χ0n) is 10.2. The Hall–Kier alpha value is -1.52. The number of halogens is 2. The Bertz CT molecular complexity index is 754. The summed E-state index contributed by atoms with van der Waals surface area (Å²) < 4.78 is 13.2. The summed E-state index contributed by atoms with van der Waals surface area (Å²) in [6, 6.07) is 8.22. The fraction of sp³-hybridized carbons (Fsp3) is 0.143. The molecular weight excluding hydrogens is 283 g/mol. The van der Waals surface area contributed by atoms with Crippen LogP contribution < -0.4 is 0 Å². The molecule has 0 fully saturated rings. The Morgan fingerprint density at radius 3 is 2.84 bits per heavy atom. The van der Waals surface area contributed by atoms with E-state index in [1.807, 2.05) is 6.07 Å². The van der Waals surface area contributed by atoms with Gasteiger partial charge in [-0.05, 0) is 24.6 Å². The van der Waals surface area contributed by atoms with Crippen molar-refractivity contribution in [2.45, 2.75) is 13.3 Å². The Balaban J connectivity index is 2.20. The molecule has 0 amide bonds. The molecular formula is C14H10ClFN2S. The van der Waals surface area contributed by atoms with Crippen LogP contribution in [0.1, 0.15) is 11.8 Å². The minimum absolute atomic E-state index is 0.308. The van der Waals surface area contributed by atoms with Crippen molar-refractivity contribution in [3.63, 3.8) is 0 Å². The number of thiophene rings is 1. The molecule has 3 rings (SSSR count). The fourth-order valence-corrected chi connectivity index (χ4v) is 3.11. The topological polar surface area (TPSA) is 25.8 Å². The van der Waals surface area contributed by atoms with Crippen molar-refractivity contribution in [2.24, 2.45) is 0 Å². The maximum atomic E-state index is 13.2. The van der Waals surface area contributed by atoms with Gasteiger partial charge in [-0.1, -0.05) is 30.7 Å². The average Bonchev–Trinajstić information content (AvgIpc) is 2.82. The molecule has 0 aliphatic rings. The molecule has 96 valence electrons. The predicted molar refractivity (Wildman–Crippen MR) is 77.2 cm³/mol. The van der Waals surface area contributed by atoms with Crippen LogP contribution >= 0.6 is 22.9 Å². The number of hydrogen-bond donors (Lipinski definition) is 0. The zero-order valence-corrected chi connectivity index (χ0v) is 11.7. The normalized spacial score (nSPS) is 11.1. The van der Waals surface area contributed by atoms with Gasteiger partial charge in [-0.25, -0.2) is 14.4 Å². The molecule has 0 spiro atoms. The molecule has 2 heterocycles. The minimum Gasteiger partial charge on any atom is -0.217 e. The number of aromatic nitrogens is 2. The molecule has 2 aromatic heterocycles. The monoisotopic (exact) mass is 292 g/mol. The highest BCUT2D eigenvalue weighted by Gasteiger charge is 2.11. The third-order valence-corrected chi connectivity index (χ3v) is 4.29. The maximum absolute atomic E-state index is 13.2. The first-order valence-corrected chi connectivity index (χ1v) is 7.08. The van der Waals surface area contributed by atoms with Crippen LogP contribution in [-0.2, 0) is 6.42 Å². The van der Waals surface area contributed by atoms with E-state index in [9.17, 15) is 4.39 Å². The Kier molecular flexibility index (Phi) is 3.21. The molecule has 0 saturated heterocycles. The largest absolute Gasteiger partial charge is 0.217 e. The lowest BCUT2D eigenvalue weighted by molar-refractivity contribution is 0.628. The van der Waals surface area contributed by atoms with E-state index in [1.165, 1.54) is 17.0 Å². The van der Waals surface area contributed by atoms with E-state index in [0.717, 1.165) is 16.6 Å². The van der Waals surface area contributed by atoms with E-state index < -0.39 is 0 Å². The first kappa shape index (κ1) is 12.5. The molecule has 0 unspecified atom stereocenters. The lowest BCUT2D eigenvalue weighted by Crippen LogP contribution is -1.90. The number of benzene rings is 1. The Morgan fingerprint density at radius 2 is 2.11 bits per heavy atom. The van der Waals surface area contributed by atoms with Crippen LogP contribution in [0.15, 0.2) is 30.3 Å². The summed E-state index contributed by atoms with van der Waals surface area (Å²) in [7, 11) is 0. The van der Waals surface area contributed by atoms with Crippen LogP contribution in [0.2, 0.25) is 5.15 Å². The zero-order chi connectivity index (χ0) is 13.4. The molecule has 1 aromatic carbocycles. The number of nitrogens with zero attached hydrogens (tertiary/aromatic N) is 2. The van der Waals surface area contributed by atoms with Crippen molar-refractivity contribution in [1.82, 2.24) is 9.97 Å². The van der Waals surface area contributed by atoms with E-state index in [2.05, 4.69) is 16.9 Å². The maximum Gasteiger partial charge on any atom is 0.162 e. The van der Waals surface area contributed by atoms with Gasteiger partial charge in [0.2, 0.25) is 0 Å². The Labute approximate surface area is 118 Å². The molecule has 19 heavy (non-hydrogen) atoms. The molecule has 0 atom stereocenters. The summed E-state index contributed by atoms with van der Waals surface area (Å²) in [6.45, 7) is 2.08. The average molecular weight is 293 g/mol. The fourth-order valence-electron chi connectivity index (χ4n) is 1.87. The van der Waals surface area contributed by atoms with Gasteiger partial charge in [-0.15, -0.1) is 11.3 Å². The van der Waals surface area contributed by atoms with E-state index in [4.69, 9.17) is 11.6 Å². The molecule has 0 N–H and O–H groups in total. The molecule has 0 aliphatic heterocycles. The second kappa shape index (κ2) is 4.87. The second-order valence-electron chi connectivity index (χ2n) is 4.13. The summed E-state index contributed by atoms with van der Waals surface area (Å²) in [5.41, 5.74) is 0.634. The summed E-state index contributed by atoms with van der Waals surface area (Å²) in [6.07, 6.45) is 0.937. The van der Waals surface area contributed by atoms with Gasteiger partial charge in [0.15, 0.2) is 5.82 Å². The van der Waals surface area contributed by atoms with E-state index in [-0.39, 0.29) is 5.82 Å². The SMILES string of the molecule is CCc1cc2c(Cl)nc(-c3cccc(F)c3)nc2s1. The first-order chi connectivity index (χ1) is 9.17. The van der Waals surface area contributed by atoms with Crippen molar-refractivity contribution in [1.29, 1.82) is 0 Å². The minimum atomic E-state index is -0.308. The third-order valence-electron chi connectivity index (χ3n) is 2.83. The van der Waals surface area contributed by atoms with Crippen LogP contribution in [0.5, 0.6) is 0 Å². The quantitative estimate of drug-likeness (QED) is 0.639. The van der Waals surface area contributed by atoms with Crippen LogP contribution in [0, 0.1) is 5.82 Å². The molecule has 0 radical (unpaired) electrons. The highest BCUT2D eigenvalue weighted by molar-refractivity contribution is 7.18. The van der Waals surface area contributed by atoms with Crippen LogP contribution in [-0.4, -0.2) is 9.97 Å². The number of aryl methyl sites for hydroxylation is 1. The van der Waals surface area contributed by atoms with Crippen molar-refractivity contribution < 1.29 is 4.39 Å². The van der Waals surface area contributed by atoms with Gasteiger partial charge in [-0.2, -0.15) is 0 Å². The smallest absolute Gasteiger partial charge is 0.162 e. The summed E-state index contributed by atoms with van der Waals surface area (Å²) >= 11 is 7.78. The highest BCUT2D eigenvalue weighted by Crippen LogP contribution is 2.31. The van der Waals surface area contributed by atoms with Crippen molar-refractivity contribution in [3.8, 4) is 11.4 Å². The number of rotatable bonds is 2. The van der Waals surface area contributed by atoms with Gasteiger partial charge in [0.25, 0.3) is 0 Å². The molecule has 3 aromatic rings. The lowest BCUT2D eigenvalue weighted by Gasteiger charge is -2.01. The third kappa shape index (κ3) is 2.33. The highest BCUT2D eigenvalue weighted by atomic mass is 35.5. The molecule has 2 nitrogen and oxygen atoms in total. The predicted octanol–water partition coefficient (Wildman–Crippen LogP) is 4.71. The van der Waals surface area contributed by atoms with Crippen molar-refractivity contribution in [3.05, 3.63) is 46.2 Å². The number of fused-ring (bicyclic) bond motifs is 1. The number of hydrogen-bond acceptors (Lipinski definition) is 3. The van der Waals surface area contributed by atoms with Gasteiger partial charge in [0.1, 0.15) is 15.8 Å².